The summed E-state index contributed by atoms with van der Waals surface area (Å²) in [7, 11) is 1.79. The standard InChI is InChI=1S/C21H30N6O.HI/c1-23-21(24-16-19-7-5-6-18(14-19)15-22)27-12-10-25(11-13-27)17-20(28)26-8-3-2-4-9-26;/h5-7,14H,2-4,8-13,16-17H2,1H3,(H,23,24);1H. The van der Waals surface area contributed by atoms with Crippen molar-refractivity contribution in [2.24, 2.45) is 4.99 Å². The Labute approximate surface area is 190 Å². The van der Waals surface area contributed by atoms with Crippen LogP contribution in [0.25, 0.3) is 0 Å². The van der Waals surface area contributed by atoms with Crippen molar-refractivity contribution >= 4 is 35.8 Å². The molecule has 0 radical (unpaired) electrons. The van der Waals surface area contributed by atoms with Crippen molar-refractivity contribution in [1.29, 1.82) is 5.26 Å². The SMILES string of the molecule is CN=C(NCc1cccc(C#N)c1)N1CCN(CC(=O)N2CCCCC2)CC1.I. The van der Waals surface area contributed by atoms with Gasteiger partial charge in [0.2, 0.25) is 5.91 Å². The third-order valence-corrected chi connectivity index (χ3v) is 5.46. The summed E-state index contributed by atoms with van der Waals surface area (Å²) >= 11 is 0. The van der Waals surface area contributed by atoms with Crippen LogP contribution in [0.1, 0.15) is 30.4 Å². The zero-order chi connectivity index (χ0) is 19.8. The summed E-state index contributed by atoms with van der Waals surface area (Å²) < 4.78 is 0. The Hall–Kier alpha value is -1.86. The van der Waals surface area contributed by atoms with Gasteiger partial charge in [0.05, 0.1) is 18.2 Å². The Morgan fingerprint density at radius 3 is 2.48 bits per heavy atom. The van der Waals surface area contributed by atoms with Crippen LogP contribution in [0.4, 0.5) is 0 Å². The highest BCUT2D eigenvalue weighted by Crippen LogP contribution is 2.10. The largest absolute Gasteiger partial charge is 0.352 e. The quantitative estimate of drug-likeness (QED) is 0.381. The lowest BCUT2D eigenvalue weighted by Gasteiger charge is -2.37. The fourth-order valence-electron chi connectivity index (χ4n) is 3.82. The minimum Gasteiger partial charge on any atom is -0.352 e. The average Bonchev–Trinajstić information content (AvgIpc) is 2.76. The molecule has 2 saturated heterocycles. The second-order valence-electron chi connectivity index (χ2n) is 7.42. The maximum atomic E-state index is 12.5. The number of aliphatic imine (C=N–C) groups is 1. The molecule has 2 heterocycles. The molecule has 1 N–H and O–H groups in total. The van der Waals surface area contributed by atoms with E-state index in [4.69, 9.17) is 5.26 Å². The molecule has 0 spiro atoms. The number of amides is 1. The first-order valence-electron chi connectivity index (χ1n) is 10.1. The number of rotatable bonds is 4. The number of likely N-dealkylation sites (tertiary alicyclic amines) is 1. The molecule has 158 valence electrons. The van der Waals surface area contributed by atoms with Crippen molar-refractivity contribution in [3.8, 4) is 6.07 Å². The van der Waals surface area contributed by atoms with E-state index in [-0.39, 0.29) is 29.9 Å². The molecule has 3 rings (SSSR count). The van der Waals surface area contributed by atoms with E-state index >= 15 is 0 Å². The van der Waals surface area contributed by atoms with Gasteiger partial charge in [0.25, 0.3) is 0 Å². The van der Waals surface area contributed by atoms with E-state index < -0.39 is 0 Å². The van der Waals surface area contributed by atoms with E-state index in [1.165, 1.54) is 6.42 Å². The number of benzene rings is 1. The van der Waals surface area contributed by atoms with Gasteiger partial charge in [0.15, 0.2) is 5.96 Å². The van der Waals surface area contributed by atoms with Crippen LogP contribution >= 0.6 is 24.0 Å². The summed E-state index contributed by atoms with van der Waals surface area (Å²) in [6.45, 7) is 6.44. The van der Waals surface area contributed by atoms with Gasteiger partial charge in [-0.25, -0.2) is 0 Å². The Balaban J connectivity index is 0.00000300. The molecule has 0 bridgehead atoms. The van der Waals surface area contributed by atoms with E-state index in [1.807, 2.05) is 29.2 Å². The van der Waals surface area contributed by atoms with Crippen LogP contribution in [0.15, 0.2) is 29.3 Å². The van der Waals surface area contributed by atoms with Crippen LogP contribution < -0.4 is 5.32 Å². The van der Waals surface area contributed by atoms with E-state index in [9.17, 15) is 4.79 Å². The van der Waals surface area contributed by atoms with Crippen molar-refractivity contribution in [3.05, 3.63) is 35.4 Å². The lowest BCUT2D eigenvalue weighted by molar-refractivity contribution is -0.133. The first-order valence-corrected chi connectivity index (χ1v) is 10.1. The fourth-order valence-corrected chi connectivity index (χ4v) is 3.82. The number of hydrogen-bond donors (Lipinski definition) is 1. The molecule has 0 aromatic heterocycles. The minimum atomic E-state index is 0. The van der Waals surface area contributed by atoms with Gasteiger partial charge in [-0.2, -0.15) is 5.26 Å². The summed E-state index contributed by atoms with van der Waals surface area (Å²) in [4.78, 5) is 23.4. The Kier molecular flexibility index (Phi) is 9.67. The molecular weight excluding hydrogens is 479 g/mol. The molecule has 1 aromatic carbocycles. The van der Waals surface area contributed by atoms with Crippen molar-refractivity contribution in [2.45, 2.75) is 25.8 Å². The molecular formula is C21H31IN6O. The molecule has 1 aromatic rings. The number of nitriles is 1. The zero-order valence-corrected chi connectivity index (χ0v) is 19.5. The lowest BCUT2D eigenvalue weighted by atomic mass is 10.1. The fraction of sp³-hybridized carbons (Fsp3) is 0.571. The van der Waals surface area contributed by atoms with Gasteiger partial charge in [-0.1, -0.05) is 12.1 Å². The van der Waals surface area contributed by atoms with E-state index in [2.05, 4.69) is 26.2 Å². The monoisotopic (exact) mass is 510 g/mol. The second kappa shape index (κ2) is 12.0. The molecule has 0 saturated carbocycles. The molecule has 29 heavy (non-hydrogen) atoms. The number of nitrogens with zero attached hydrogens (tertiary/aromatic N) is 5. The Morgan fingerprint density at radius 1 is 1.10 bits per heavy atom. The Bertz CT molecular complexity index is 733. The van der Waals surface area contributed by atoms with Crippen molar-refractivity contribution in [1.82, 2.24) is 20.0 Å². The summed E-state index contributed by atoms with van der Waals surface area (Å²) in [5, 5.41) is 12.4. The summed E-state index contributed by atoms with van der Waals surface area (Å²) in [6, 6.07) is 9.78. The van der Waals surface area contributed by atoms with E-state index in [0.717, 1.165) is 63.6 Å². The topological polar surface area (TPSA) is 75.0 Å². The average molecular weight is 510 g/mol. The van der Waals surface area contributed by atoms with Gasteiger partial charge in [-0.3, -0.25) is 14.7 Å². The maximum Gasteiger partial charge on any atom is 0.236 e. The molecule has 2 aliphatic heterocycles. The summed E-state index contributed by atoms with van der Waals surface area (Å²) in [6.07, 6.45) is 3.52. The lowest BCUT2D eigenvalue weighted by Crippen LogP contribution is -2.54. The molecule has 8 heteroatoms. The second-order valence-corrected chi connectivity index (χ2v) is 7.42. The number of carbonyl (C=O) groups is 1. The number of guanidine groups is 1. The van der Waals surface area contributed by atoms with Gasteiger partial charge < -0.3 is 15.1 Å². The minimum absolute atomic E-state index is 0. The van der Waals surface area contributed by atoms with Crippen LogP contribution in [-0.2, 0) is 11.3 Å². The van der Waals surface area contributed by atoms with E-state index in [1.54, 1.807) is 7.05 Å². The molecule has 2 fully saturated rings. The third kappa shape index (κ3) is 6.85. The highest BCUT2D eigenvalue weighted by atomic mass is 127. The smallest absolute Gasteiger partial charge is 0.236 e. The van der Waals surface area contributed by atoms with Crippen molar-refractivity contribution in [2.75, 3.05) is 52.9 Å². The first-order chi connectivity index (χ1) is 13.7. The van der Waals surface area contributed by atoms with Gasteiger partial charge in [-0.15, -0.1) is 24.0 Å². The van der Waals surface area contributed by atoms with Crippen LogP contribution in [0.5, 0.6) is 0 Å². The Morgan fingerprint density at radius 2 is 1.83 bits per heavy atom. The van der Waals surface area contributed by atoms with Gasteiger partial charge in [-0.05, 0) is 37.0 Å². The van der Waals surface area contributed by atoms with Crippen LogP contribution in [-0.4, -0.2) is 79.4 Å². The van der Waals surface area contributed by atoms with Crippen LogP contribution in [0.3, 0.4) is 0 Å². The van der Waals surface area contributed by atoms with Crippen molar-refractivity contribution < 1.29 is 4.79 Å². The number of carbonyl (C=O) groups excluding carboxylic acids is 1. The van der Waals surface area contributed by atoms with Crippen molar-refractivity contribution in [3.63, 3.8) is 0 Å². The van der Waals surface area contributed by atoms with Crippen LogP contribution in [0.2, 0.25) is 0 Å². The summed E-state index contributed by atoms with van der Waals surface area (Å²) in [5.74, 6) is 1.14. The molecule has 7 nitrogen and oxygen atoms in total. The number of halogens is 1. The highest BCUT2D eigenvalue weighted by Gasteiger charge is 2.24. The maximum absolute atomic E-state index is 12.5. The van der Waals surface area contributed by atoms with Gasteiger partial charge in [0, 0.05) is 52.9 Å². The molecule has 2 aliphatic rings. The molecule has 0 aliphatic carbocycles. The molecule has 0 atom stereocenters. The molecule has 1 amide bonds. The van der Waals surface area contributed by atoms with Gasteiger partial charge >= 0.3 is 0 Å². The molecule has 0 unspecified atom stereocenters. The number of piperazine rings is 1. The number of hydrogen-bond acceptors (Lipinski definition) is 4. The number of piperidine rings is 1. The van der Waals surface area contributed by atoms with Crippen LogP contribution in [0, 0.1) is 11.3 Å². The third-order valence-electron chi connectivity index (χ3n) is 5.46. The van der Waals surface area contributed by atoms with E-state index in [0.29, 0.717) is 18.7 Å². The highest BCUT2D eigenvalue weighted by molar-refractivity contribution is 14.0. The first kappa shape index (κ1) is 23.4. The van der Waals surface area contributed by atoms with Gasteiger partial charge in [0.1, 0.15) is 0 Å². The number of nitrogens with one attached hydrogen (secondary N) is 1. The predicted molar refractivity (Wildman–Crippen MR) is 125 cm³/mol. The predicted octanol–water partition coefficient (Wildman–Crippen LogP) is 1.88. The summed E-state index contributed by atoms with van der Waals surface area (Å²) in [5.41, 5.74) is 1.73. The normalized spacial score (nSPS) is 18.0. The zero-order valence-electron chi connectivity index (χ0n) is 17.1.